The van der Waals surface area contributed by atoms with E-state index in [9.17, 15) is 0 Å². The summed E-state index contributed by atoms with van der Waals surface area (Å²) in [4.78, 5) is 3.93. The van der Waals surface area contributed by atoms with Crippen molar-refractivity contribution in [1.29, 1.82) is 0 Å². The average Bonchev–Trinajstić information content (AvgIpc) is 2.27. The Morgan fingerprint density at radius 2 is 2.40 bits per heavy atom. The summed E-state index contributed by atoms with van der Waals surface area (Å²) in [5.74, 6) is 0. The minimum atomic E-state index is 1.02. The van der Waals surface area contributed by atoms with Gasteiger partial charge in [0.15, 0.2) is 0 Å². The lowest BCUT2D eigenvalue weighted by atomic mass is 10.4. The lowest BCUT2D eigenvalue weighted by molar-refractivity contribution is 0.901. The van der Waals surface area contributed by atoms with E-state index in [-0.39, 0.29) is 0 Å². The van der Waals surface area contributed by atoms with Crippen molar-refractivity contribution in [3.8, 4) is 0 Å². The second-order valence-electron chi connectivity index (χ2n) is 2.24. The van der Waals surface area contributed by atoms with Crippen molar-refractivity contribution in [2.75, 3.05) is 0 Å². The fourth-order valence-electron chi connectivity index (χ4n) is 0.975. The van der Waals surface area contributed by atoms with Gasteiger partial charge in [0.25, 0.3) is 0 Å². The van der Waals surface area contributed by atoms with E-state index < -0.39 is 0 Å². The van der Waals surface area contributed by atoms with E-state index in [0.29, 0.717) is 0 Å². The van der Waals surface area contributed by atoms with Gasteiger partial charge in [0.2, 0.25) is 0 Å². The lowest BCUT2D eigenvalue weighted by Crippen LogP contribution is -1.86. The van der Waals surface area contributed by atoms with Gasteiger partial charge >= 0.3 is 0 Å². The average molecular weight is 133 g/mol. The number of aryl methyl sites for hydroxylation is 1. The number of rotatable bonds is 0. The minimum absolute atomic E-state index is 1.02. The molecule has 0 saturated carbocycles. The molecule has 2 rings (SSSR count). The summed E-state index contributed by atoms with van der Waals surface area (Å²) in [6.45, 7) is 1.97. The van der Waals surface area contributed by atoms with Gasteiger partial charge < -0.3 is 0 Å². The van der Waals surface area contributed by atoms with E-state index in [0.717, 1.165) is 11.2 Å². The molecule has 0 amide bonds. The minimum Gasteiger partial charge on any atom is -0.245 e. The topological polar surface area (TPSA) is 30.2 Å². The van der Waals surface area contributed by atoms with Crippen molar-refractivity contribution in [2.45, 2.75) is 6.92 Å². The van der Waals surface area contributed by atoms with Crippen LogP contribution in [0.5, 0.6) is 0 Å². The first-order valence-corrected chi connectivity index (χ1v) is 3.12. The van der Waals surface area contributed by atoms with Gasteiger partial charge in [-0.2, -0.15) is 5.10 Å². The second-order valence-corrected chi connectivity index (χ2v) is 2.24. The van der Waals surface area contributed by atoms with E-state index in [1.54, 1.807) is 17.0 Å². The zero-order valence-electron chi connectivity index (χ0n) is 5.65. The van der Waals surface area contributed by atoms with Gasteiger partial charge in [-0.3, -0.25) is 0 Å². The monoisotopic (exact) mass is 133 g/mol. The molecule has 3 heteroatoms. The van der Waals surface area contributed by atoms with Crippen LogP contribution in [0.25, 0.3) is 5.52 Å². The Balaban J connectivity index is 2.88. The molecule has 0 atom stereocenters. The molecule has 0 fully saturated rings. The lowest BCUT2D eigenvalue weighted by Gasteiger charge is -1.86. The van der Waals surface area contributed by atoms with Crippen LogP contribution in [0.2, 0.25) is 0 Å². The largest absolute Gasteiger partial charge is 0.245 e. The van der Waals surface area contributed by atoms with Gasteiger partial charge in [0.1, 0.15) is 6.33 Å². The molecule has 0 aromatic carbocycles. The Morgan fingerprint density at radius 3 is 3.20 bits per heavy atom. The standard InChI is InChI=1S/C7H7N3/c1-6-4-7-2-3-8-5-10(7)9-6/h2-5H,1H3. The predicted molar refractivity (Wildman–Crippen MR) is 37.7 cm³/mol. The number of fused-ring (bicyclic) bond motifs is 1. The maximum atomic E-state index is 4.17. The molecule has 2 heterocycles. The number of hydrogen-bond acceptors (Lipinski definition) is 2. The van der Waals surface area contributed by atoms with Crippen LogP contribution in [-0.4, -0.2) is 14.6 Å². The van der Waals surface area contributed by atoms with Crippen LogP contribution in [0.3, 0.4) is 0 Å². The molecule has 10 heavy (non-hydrogen) atoms. The van der Waals surface area contributed by atoms with Crippen molar-refractivity contribution in [2.24, 2.45) is 0 Å². The Morgan fingerprint density at radius 1 is 1.50 bits per heavy atom. The van der Waals surface area contributed by atoms with Crippen molar-refractivity contribution < 1.29 is 0 Å². The zero-order valence-corrected chi connectivity index (χ0v) is 5.65. The molecular weight excluding hydrogens is 126 g/mol. The summed E-state index contributed by atoms with van der Waals surface area (Å²) in [6, 6.07) is 3.95. The SMILES string of the molecule is Cc1cc2ccncn2n1. The Labute approximate surface area is 58.3 Å². The Kier molecular flexibility index (Phi) is 0.974. The molecule has 0 aliphatic rings. The molecule has 0 unspecified atom stereocenters. The van der Waals surface area contributed by atoms with Gasteiger partial charge in [0, 0.05) is 6.20 Å². The molecule has 0 aliphatic carbocycles. The quantitative estimate of drug-likeness (QED) is 0.537. The second kappa shape index (κ2) is 1.80. The highest BCUT2D eigenvalue weighted by molar-refractivity contribution is 5.45. The van der Waals surface area contributed by atoms with Crippen LogP contribution < -0.4 is 0 Å². The maximum absolute atomic E-state index is 4.17. The molecule has 0 N–H and O–H groups in total. The van der Waals surface area contributed by atoms with Crippen LogP contribution in [0.1, 0.15) is 5.69 Å². The molecule has 0 saturated heterocycles. The molecule has 3 nitrogen and oxygen atoms in total. The summed E-state index contributed by atoms with van der Waals surface area (Å²) in [6.07, 6.45) is 3.46. The Hall–Kier alpha value is -1.38. The number of nitrogens with zero attached hydrogens (tertiary/aromatic N) is 3. The van der Waals surface area contributed by atoms with Gasteiger partial charge in [0.05, 0.1) is 11.2 Å². The molecule has 2 aromatic heterocycles. The first kappa shape index (κ1) is 5.41. The molecule has 50 valence electrons. The van der Waals surface area contributed by atoms with Crippen LogP contribution >= 0.6 is 0 Å². The number of hydrogen-bond donors (Lipinski definition) is 0. The van der Waals surface area contributed by atoms with Crippen LogP contribution in [0.15, 0.2) is 24.7 Å². The van der Waals surface area contributed by atoms with Crippen molar-refractivity contribution >= 4 is 5.52 Å². The number of aromatic nitrogens is 3. The van der Waals surface area contributed by atoms with Crippen molar-refractivity contribution in [1.82, 2.24) is 14.6 Å². The summed E-state index contributed by atoms with van der Waals surface area (Å²) in [5.41, 5.74) is 2.11. The molecule has 0 aliphatic heterocycles. The smallest absolute Gasteiger partial charge is 0.117 e. The molecule has 0 spiro atoms. The van der Waals surface area contributed by atoms with Crippen LogP contribution in [0.4, 0.5) is 0 Å². The highest BCUT2D eigenvalue weighted by atomic mass is 15.2. The van der Waals surface area contributed by atoms with Crippen molar-refractivity contribution in [3.05, 3.63) is 30.4 Å². The van der Waals surface area contributed by atoms with E-state index in [2.05, 4.69) is 10.1 Å². The first-order chi connectivity index (χ1) is 4.86. The van der Waals surface area contributed by atoms with E-state index in [1.807, 2.05) is 19.1 Å². The summed E-state index contributed by atoms with van der Waals surface area (Å²) in [7, 11) is 0. The molecular formula is C7H7N3. The maximum Gasteiger partial charge on any atom is 0.117 e. The highest BCUT2D eigenvalue weighted by Crippen LogP contribution is 2.01. The zero-order chi connectivity index (χ0) is 6.97. The normalized spacial score (nSPS) is 10.5. The molecule has 0 radical (unpaired) electrons. The molecule has 0 bridgehead atoms. The van der Waals surface area contributed by atoms with Gasteiger partial charge in [-0.25, -0.2) is 9.50 Å². The summed E-state index contributed by atoms with van der Waals surface area (Å²) < 4.78 is 1.76. The van der Waals surface area contributed by atoms with Crippen LogP contribution in [-0.2, 0) is 0 Å². The third-order valence-corrected chi connectivity index (χ3v) is 1.39. The van der Waals surface area contributed by atoms with E-state index in [4.69, 9.17) is 0 Å². The fraction of sp³-hybridized carbons (Fsp3) is 0.143. The summed E-state index contributed by atoms with van der Waals surface area (Å²) >= 11 is 0. The summed E-state index contributed by atoms with van der Waals surface area (Å²) in [5, 5.41) is 4.17. The van der Waals surface area contributed by atoms with Gasteiger partial charge in [-0.15, -0.1) is 0 Å². The van der Waals surface area contributed by atoms with E-state index >= 15 is 0 Å². The van der Waals surface area contributed by atoms with Gasteiger partial charge in [-0.05, 0) is 19.1 Å². The van der Waals surface area contributed by atoms with Crippen LogP contribution in [0, 0.1) is 6.92 Å². The molecule has 2 aromatic rings. The van der Waals surface area contributed by atoms with Gasteiger partial charge in [-0.1, -0.05) is 0 Å². The predicted octanol–water partition coefficient (Wildman–Crippen LogP) is 1.04. The fourth-order valence-corrected chi connectivity index (χ4v) is 0.975. The third kappa shape index (κ3) is 0.673. The van der Waals surface area contributed by atoms with E-state index in [1.165, 1.54) is 0 Å². The third-order valence-electron chi connectivity index (χ3n) is 1.39. The highest BCUT2D eigenvalue weighted by Gasteiger charge is 1.92. The first-order valence-electron chi connectivity index (χ1n) is 3.12. The Bertz CT molecular complexity index is 317. The van der Waals surface area contributed by atoms with Crippen molar-refractivity contribution in [3.63, 3.8) is 0 Å².